The standard InChI is InChI=1S/C15H23N3O4.2C2H6/c1-9(2)12(13(20)15-18-17-11(19)8-22-15)16-14(21)10-6-4-3-5-7-10;2*1-2/h9-10,12H,3-8H2,1-2H3,(H,16,21)(H,17,19);2*1-2H3. The smallest absolute Gasteiger partial charge is 0.278 e. The van der Waals surface area contributed by atoms with E-state index in [9.17, 15) is 14.4 Å². The van der Waals surface area contributed by atoms with Crippen molar-refractivity contribution in [2.45, 2.75) is 79.7 Å². The first kappa shape index (κ1) is 24.1. The van der Waals surface area contributed by atoms with Gasteiger partial charge in [0.2, 0.25) is 11.7 Å². The van der Waals surface area contributed by atoms with Crippen LogP contribution in [0.25, 0.3) is 0 Å². The fraction of sp³-hybridized carbons (Fsp3) is 0.789. The molecule has 150 valence electrons. The molecule has 1 aliphatic carbocycles. The largest absolute Gasteiger partial charge is 0.464 e. The molecule has 0 saturated heterocycles. The highest BCUT2D eigenvalue weighted by atomic mass is 16.5. The van der Waals surface area contributed by atoms with Crippen LogP contribution in [0, 0.1) is 11.8 Å². The number of hydrogen-bond donors (Lipinski definition) is 2. The Hall–Kier alpha value is -1.92. The predicted octanol–water partition coefficient (Wildman–Crippen LogP) is 2.79. The van der Waals surface area contributed by atoms with E-state index in [0.717, 1.165) is 25.7 Å². The third-order valence-corrected chi connectivity index (χ3v) is 4.06. The van der Waals surface area contributed by atoms with E-state index >= 15 is 0 Å². The summed E-state index contributed by atoms with van der Waals surface area (Å²) in [4.78, 5) is 35.8. The minimum absolute atomic E-state index is 0.0169. The molecule has 1 fully saturated rings. The average Bonchev–Trinajstić information content (AvgIpc) is 2.69. The molecular formula is C19H35N3O4. The van der Waals surface area contributed by atoms with Gasteiger partial charge < -0.3 is 10.1 Å². The van der Waals surface area contributed by atoms with Crippen LogP contribution in [0.2, 0.25) is 0 Å². The highest BCUT2D eigenvalue weighted by Gasteiger charge is 2.33. The van der Waals surface area contributed by atoms with Crippen LogP contribution in [-0.2, 0) is 19.1 Å². The second-order valence-electron chi connectivity index (χ2n) is 6.17. The topological polar surface area (TPSA) is 96.9 Å². The van der Waals surface area contributed by atoms with E-state index in [0.29, 0.717) is 0 Å². The van der Waals surface area contributed by atoms with E-state index in [2.05, 4.69) is 15.8 Å². The maximum absolute atomic E-state index is 12.4. The average molecular weight is 370 g/mol. The van der Waals surface area contributed by atoms with Crippen LogP contribution in [0.5, 0.6) is 0 Å². The number of nitrogens with zero attached hydrogens (tertiary/aromatic N) is 1. The molecule has 0 spiro atoms. The molecule has 1 unspecified atom stereocenters. The molecule has 1 saturated carbocycles. The molecule has 0 aromatic rings. The van der Waals surface area contributed by atoms with Gasteiger partial charge in [0.1, 0.15) is 0 Å². The van der Waals surface area contributed by atoms with E-state index < -0.39 is 17.7 Å². The maximum Gasteiger partial charge on any atom is 0.278 e. The van der Waals surface area contributed by atoms with E-state index in [1.807, 2.05) is 41.5 Å². The predicted molar refractivity (Wildman–Crippen MR) is 103 cm³/mol. The molecule has 0 aromatic carbocycles. The van der Waals surface area contributed by atoms with Gasteiger partial charge in [0, 0.05) is 5.92 Å². The van der Waals surface area contributed by atoms with Crippen LogP contribution < -0.4 is 10.7 Å². The van der Waals surface area contributed by atoms with Crippen LogP contribution in [-0.4, -0.2) is 36.1 Å². The van der Waals surface area contributed by atoms with Gasteiger partial charge in [0.05, 0.1) is 6.04 Å². The lowest BCUT2D eigenvalue weighted by molar-refractivity contribution is -0.131. The molecular weight excluding hydrogens is 334 g/mol. The van der Waals surface area contributed by atoms with Crippen molar-refractivity contribution in [3.63, 3.8) is 0 Å². The van der Waals surface area contributed by atoms with Gasteiger partial charge >= 0.3 is 0 Å². The third-order valence-electron chi connectivity index (χ3n) is 4.06. The number of nitrogens with one attached hydrogen (secondary N) is 2. The van der Waals surface area contributed by atoms with Crippen molar-refractivity contribution in [3.8, 4) is 0 Å². The molecule has 1 heterocycles. The highest BCUT2D eigenvalue weighted by molar-refractivity contribution is 6.39. The van der Waals surface area contributed by atoms with E-state index in [-0.39, 0.29) is 30.2 Å². The van der Waals surface area contributed by atoms with Crippen LogP contribution in [0.3, 0.4) is 0 Å². The number of carbonyl (C=O) groups is 3. The molecule has 0 bridgehead atoms. The van der Waals surface area contributed by atoms with Crippen molar-refractivity contribution < 1.29 is 19.1 Å². The summed E-state index contributed by atoms with van der Waals surface area (Å²) in [5, 5.41) is 6.46. The Balaban J connectivity index is 0.00000146. The molecule has 7 heteroatoms. The molecule has 2 amide bonds. The number of hydrazone groups is 1. The van der Waals surface area contributed by atoms with Crippen LogP contribution in [0.1, 0.15) is 73.6 Å². The lowest BCUT2D eigenvalue weighted by atomic mass is 9.88. The van der Waals surface area contributed by atoms with Crippen molar-refractivity contribution >= 4 is 23.5 Å². The third kappa shape index (κ3) is 7.54. The molecule has 0 aromatic heterocycles. The molecule has 26 heavy (non-hydrogen) atoms. The number of ketones is 1. The van der Waals surface area contributed by atoms with Crippen molar-refractivity contribution in [2.75, 3.05) is 6.61 Å². The lowest BCUT2D eigenvalue weighted by Gasteiger charge is -2.26. The normalized spacial score (nSPS) is 18.0. The second-order valence-corrected chi connectivity index (χ2v) is 6.17. The summed E-state index contributed by atoms with van der Waals surface area (Å²) in [5.41, 5.74) is 2.21. The maximum atomic E-state index is 12.4. The first-order valence-corrected chi connectivity index (χ1v) is 9.83. The summed E-state index contributed by atoms with van der Waals surface area (Å²) in [7, 11) is 0. The molecule has 1 atom stereocenters. The first-order chi connectivity index (χ1) is 12.5. The molecule has 0 radical (unpaired) electrons. The van der Waals surface area contributed by atoms with Crippen molar-refractivity contribution in [1.29, 1.82) is 0 Å². The van der Waals surface area contributed by atoms with Gasteiger partial charge in [-0.3, -0.25) is 14.4 Å². The lowest BCUT2D eigenvalue weighted by Crippen LogP contribution is -2.51. The fourth-order valence-electron chi connectivity index (χ4n) is 2.74. The zero-order valence-electron chi connectivity index (χ0n) is 17.1. The van der Waals surface area contributed by atoms with Gasteiger partial charge in [-0.25, -0.2) is 5.43 Å². The van der Waals surface area contributed by atoms with Gasteiger partial charge in [-0.05, 0) is 18.8 Å². The van der Waals surface area contributed by atoms with E-state index in [1.54, 1.807) is 0 Å². The second kappa shape index (κ2) is 13.3. The Morgan fingerprint density at radius 3 is 2.15 bits per heavy atom. The van der Waals surface area contributed by atoms with Crippen LogP contribution >= 0.6 is 0 Å². The number of hydrogen-bond acceptors (Lipinski definition) is 5. The van der Waals surface area contributed by atoms with Crippen molar-refractivity contribution in [2.24, 2.45) is 16.9 Å². The number of ether oxygens (including phenoxy) is 1. The summed E-state index contributed by atoms with van der Waals surface area (Å²) in [6.07, 6.45) is 5.03. The molecule has 7 nitrogen and oxygen atoms in total. The van der Waals surface area contributed by atoms with Gasteiger partial charge in [0.15, 0.2) is 6.61 Å². The fourth-order valence-corrected chi connectivity index (χ4v) is 2.74. The van der Waals surface area contributed by atoms with Gasteiger partial charge in [0.25, 0.3) is 11.8 Å². The van der Waals surface area contributed by atoms with Gasteiger partial charge in [-0.2, -0.15) is 0 Å². The Bertz CT molecular complexity index is 483. The number of Topliss-reactive ketones (excluding diaryl/α,β-unsaturated/α-hetero) is 1. The monoisotopic (exact) mass is 369 g/mol. The molecule has 2 aliphatic rings. The zero-order valence-corrected chi connectivity index (χ0v) is 17.1. The van der Waals surface area contributed by atoms with E-state index in [4.69, 9.17) is 4.74 Å². The summed E-state index contributed by atoms with van der Waals surface area (Å²) < 4.78 is 5.05. The Labute approximate surface area is 157 Å². The Kier molecular flexibility index (Phi) is 12.3. The summed E-state index contributed by atoms with van der Waals surface area (Å²) in [6.45, 7) is 11.5. The summed E-state index contributed by atoms with van der Waals surface area (Å²) in [6, 6.07) is -0.692. The molecule has 1 aliphatic heterocycles. The SMILES string of the molecule is CC.CC.CC(C)C(NC(=O)C1CCCCC1)C(=O)C1=NNC(=O)CO1. The highest BCUT2D eigenvalue weighted by Crippen LogP contribution is 2.24. The van der Waals surface area contributed by atoms with Gasteiger partial charge in [-0.15, -0.1) is 5.10 Å². The molecule has 2 rings (SSSR count). The zero-order chi connectivity index (χ0) is 20.1. The van der Waals surface area contributed by atoms with Crippen LogP contribution in [0.15, 0.2) is 5.10 Å². The summed E-state index contributed by atoms with van der Waals surface area (Å²) in [5.74, 6) is -1.14. The van der Waals surface area contributed by atoms with Crippen molar-refractivity contribution in [1.82, 2.24) is 10.7 Å². The van der Waals surface area contributed by atoms with Crippen LogP contribution in [0.4, 0.5) is 0 Å². The first-order valence-electron chi connectivity index (χ1n) is 9.83. The Morgan fingerprint density at radius 2 is 1.69 bits per heavy atom. The molecule has 2 N–H and O–H groups in total. The minimum atomic E-state index is -0.692. The van der Waals surface area contributed by atoms with Crippen molar-refractivity contribution in [3.05, 3.63) is 0 Å². The summed E-state index contributed by atoms with van der Waals surface area (Å²) >= 11 is 0. The van der Waals surface area contributed by atoms with Gasteiger partial charge in [-0.1, -0.05) is 60.8 Å². The quantitative estimate of drug-likeness (QED) is 0.779. The number of rotatable bonds is 5. The number of carbonyl (C=O) groups excluding carboxylic acids is 3. The van der Waals surface area contributed by atoms with E-state index in [1.165, 1.54) is 6.42 Å². The Morgan fingerprint density at radius 1 is 1.12 bits per heavy atom. The number of amides is 2. The minimum Gasteiger partial charge on any atom is -0.464 e.